The van der Waals surface area contributed by atoms with E-state index in [9.17, 15) is 13.2 Å². The highest BCUT2D eigenvalue weighted by atomic mass is 32.2. The van der Waals surface area contributed by atoms with E-state index in [-0.39, 0.29) is 28.7 Å². The van der Waals surface area contributed by atoms with Gasteiger partial charge in [0, 0.05) is 12.6 Å². The van der Waals surface area contributed by atoms with Crippen LogP contribution in [-0.4, -0.2) is 58.8 Å². The first-order valence-corrected chi connectivity index (χ1v) is 10.3. The average Bonchev–Trinajstić information content (AvgIpc) is 2.96. The summed E-state index contributed by atoms with van der Waals surface area (Å²) in [6.07, 6.45) is 0.539. The molecule has 21 heavy (non-hydrogen) atoms. The van der Waals surface area contributed by atoms with Crippen LogP contribution in [0.15, 0.2) is 4.34 Å². The molecule has 6 nitrogen and oxygen atoms in total. The molecule has 0 bridgehead atoms. The standard InChI is InChI=1S/C12H19N3O3S3/c1-4-15(10-5-6-21(17,18)7-10)11(16)8(2)19-12-14-13-9(3)20-12/h8,10H,4-7H2,1-3H3/t8-,10+/m1/s1. The maximum atomic E-state index is 12.6. The minimum Gasteiger partial charge on any atom is -0.338 e. The normalized spacial score (nSPS) is 22.1. The number of thioether (sulfide) groups is 1. The predicted molar refractivity (Wildman–Crippen MR) is 84.4 cm³/mol. The Hall–Kier alpha value is -0.670. The third-order valence-corrected chi connectivity index (χ3v) is 7.17. The highest BCUT2D eigenvalue weighted by Gasteiger charge is 2.35. The quantitative estimate of drug-likeness (QED) is 0.747. The summed E-state index contributed by atoms with van der Waals surface area (Å²) >= 11 is 2.84. The number of rotatable bonds is 5. The lowest BCUT2D eigenvalue weighted by Gasteiger charge is -2.29. The van der Waals surface area contributed by atoms with Crippen LogP contribution in [0, 0.1) is 6.92 Å². The third kappa shape index (κ3) is 4.17. The molecular formula is C12H19N3O3S3. The zero-order chi connectivity index (χ0) is 15.6. The number of aromatic nitrogens is 2. The van der Waals surface area contributed by atoms with Crippen LogP contribution >= 0.6 is 23.1 Å². The van der Waals surface area contributed by atoms with Crippen molar-refractivity contribution in [1.82, 2.24) is 15.1 Å². The molecule has 1 aromatic rings. The first-order valence-electron chi connectivity index (χ1n) is 6.80. The van der Waals surface area contributed by atoms with Crippen LogP contribution < -0.4 is 0 Å². The third-order valence-electron chi connectivity index (χ3n) is 3.41. The highest BCUT2D eigenvalue weighted by Crippen LogP contribution is 2.28. The molecule has 118 valence electrons. The van der Waals surface area contributed by atoms with Crippen LogP contribution in [0.25, 0.3) is 0 Å². The molecule has 0 saturated carbocycles. The molecule has 0 radical (unpaired) electrons. The molecule has 0 aromatic carbocycles. The first kappa shape index (κ1) is 16.7. The Labute approximate surface area is 133 Å². The van der Waals surface area contributed by atoms with E-state index in [2.05, 4.69) is 10.2 Å². The molecule has 1 amide bonds. The summed E-state index contributed by atoms with van der Waals surface area (Å²) in [6, 6.07) is -0.188. The van der Waals surface area contributed by atoms with Crippen molar-refractivity contribution in [2.24, 2.45) is 0 Å². The van der Waals surface area contributed by atoms with Gasteiger partial charge in [0.2, 0.25) is 5.91 Å². The zero-order valence-electron chi connectivity index (χ0n) is 12.3. The van der Waals surface area contributed by atoms with E-state index in [1.165, 1.54) is 23.1 Å². The summed E-state index contributed by atoms with van der Waals surface area (Å²) < 4.78 is 23.9. The highest BCUT2D eigenvalue weighted by molar-refractivity contribution is 8.02. The van der Waals surface area contributed by atoms with Crippen molar-refractivity contribution in [2.45, 2.75) is 42.8 Å². The minimum atomic E-state index is -2.99. The lowest BCUT2D eigenvalue weighted by molar-refractivity contribution is -0.131. The molecule has 1 saturated heterocycles. The van der Waals surface area contributed by atoms with Crippen molar-refractivity contribution in [3.8, 4) is 0 Å². The first-order chi connectivity index (χ1) is 9.82. The molecule has 0 aliphatic carbocycles. The van der Waals surface area contributed by atoms with E-state index >= 15 is 0 Å². The fourth-order valence-corrected chi connectivity index (χ4v) is 6.14. The summed E-state index contributed by atoms with van der Waals surface area (Å²) in [5, 5.41) is 8.52. The van der Waals surface area contributed by atoms with Crippen LogP contribution in [0.3, 0.4) is 0 Å². The summed E-state index contributed by atoms with van der Waals surface area (Å²) in [5.74, 6) is 0.234. The van der Waals surface area contributed by atoms with Gasteiger partial charge in [0.15, 0.2) is 14.2 Å². The fourth-order valence-electron chi connectivity index (χ4n) is 2.38. The van der Waals surface area contributed by atoms with Crippen molar-refractivity contribution < 1.29 is 13.2 Å². The lowest BCUT2D eigenvalue weighted by Crippen LogP contribution is -2.44. The van der Waals surface area contributed by atoms with Crippen LogP contribution in [-0.2, 0) is 14.6 Å². The van der Waals surface area contributed by atoms with Crippen LogP contribution in [0.4, 0.5) is 0 Å². The maximum absolute atomic E-state index is 12.6. The molecule has 1 fully saturated rings. The maximum Gasteiger partial charge on any atom is 0.236 e. The topological polar surface area (TPSA) is 80.2 Å². The molecule has 0 unspecified atom stereocenters. The van der Waals surface area contributed by atoms with E-state index in [0.29, 0.717) is 13.0 Å². The number of hydrogen-bond acceptors (Lipinski definition) is 7. The number of aryl methyl sites for hydroxylation is 1. The van der Waals surface area contributed by atoms with Crippen molar-refractivity contribution >= 4 is 38.8 Å². The van der Waals surface area contributed by atoms with Crippen LogP contribution in [0.5, 0.6) is 0 Å². The molecular weight excluding hydrogens is 330 g/mol. The minimum absolute atomic E-state index is 0.0301. The Bertz CT molecular complexity index is 614. The van der Waals surface area contributed by atoms with Gasteiger partial charge in [-0.05, 0) is 27.2 Å². The largest absolute Gasteiger partial charge is 0.338 e. The van der Waals surface area contributed by atoms with Gasteiger partial charge in [-0.3, -0.25) is 4.79 Å². The van der Waals surface area contributed by atoms with Crippen molar-refractivity contribution in [2.75, 3.05) is 18.1 Å². The number of sulfone groups is 1. The Balaban J connectivity index is 2.02. The van der Waals surface area contributed by atoms with Gasteiger partial charge < -0.3 is 4.90 Å². The zero-order valence-corrected chi connectivity index (χ0v) is 14.7. The van der Waals surface area contributed by atoms with E-state index in [4.69, 9.17) is 0 Å². The lowest BCUT2D eigenvalue weighted by atomic mass is 10.2. The van der Waals surface area contributed by atoms with Gasteiger partial charge in [-0.15, -0.1) is 10.2 Å². The number of amides is 1. The molecule has 2 atom stereocenters. The Morgan fingerprint density at radius 3 is 2.71 bits per heavy atom. The second-order valence-corrected chi connectivity index (χ2v) is 10.0. The molecule has 1 aliphatic rings. The second-order valence-electron chi connectivity index (χ2n) is 5.03. The summed E-state index contributed by atoms with van der Waals surface area (Å²) in [7, 11) is -2.99. The molecule has 9 heteroatoms. The smallest absolute Gasteiger partial charge is 0.236 e. The Kier molecular flexibility index (Phi) is 5.26. The molecule has 1 aromatic heterocycles. The predicted octanol–water partition coefficient (Wildman–Crippen LogP) is 1.36. The van der Waals surface area contributed by atoms with Gasteiger partial charge >= 0.3 is 0 Å². The van der Waals surface area contributed by atoms with E-state index < -0.39 is 9.84 Å². The van der Waals surface area contributed by atoms with Gasteiger partial charge in [-0.2, -0.15) is 0 Å². The number of nitrogens with zero attached hydrogens (tertiary/aromatic N) is 3. The molecule has 0 N–H and O–H groups in total. The SMILES string of the molecule is CCN(C(=O)[C@@H](C)Sc1nnc(C)s1)[C@H]1CCS(=O)(=O)C1. The molecule has 2 heterocycles. The molecule has 1 aliphatic heterocycles. The Morgan fingerprint density at radius 1 is 1.52 bits per heavy atom. The van der Waals surface area contributed by atoms with E-state index in [1.807, 2.05) is 20.8 Å². The van der Waals surface area contributed by atoms with Crippen LogP contribution in [0.2, 0.25) is 0 Å². The second kappa shape index (κ2) is 6.62. The Morgan fingerprint density at radius 2 is 2.24 bits per heavy atom. The fraction of sp³-hybridized carbons (Fsp3) is 0.750. The van der Waals surface area contributed by atoms with Crippen molar-refractivity contribution in [3.05, 3.63) is 5.01 Å². The van der Waals surface area contributed by atoms with Gasteiger partial charge in [0.25, 0.3) is 0 Å². The van der Waals surface area contributed by atoms with E-state index in [1.54, 1.807) is 4.90 Å². The summed E-state index contributed by atoms with van der Waals surface area (Å²) in [5.41, 5.74) is 0. The number of carbonyl (C=O) groups excluding carboxylic acids is 1. The molecule has 0 spiro atoms. The van der Waals surface area contributed by atoms with Crippen molar-refractivity contribution in [3.63, 3.8) is 0 Å². The van der Waals surface area contributed by atoms with Gasteiger partial charge in [-0.1, -0.05) is 23.1 Å². The monoisotopic (exact) mass is 349 g/mol. The average molecular weight is 350 g/mol. The van der Waals surface area contributed by atoms with E-state index in [0.717, 1.165) is 9.35 Å². The molecule has 2 rings (SSSR count). The van der Waals surface area contributed by atoms with Gasteiger partial charge in [0.05, 0.1) is 16.8 Å². The van der Waals surface area contributed by atoms with Gasteiger partial charge in [-0.25, -0.2) is 8.42 Å². The van der Waals surface area contributed by atoms with Gasteiger partial charge in [0.1, 0.15) is 5.01 Å². The van der Waals surface area contributed by atoms with Crippen molar-refractivity contribution in [1.29, 1.82) is 0 Å². The summed E-state index contributed by atoms with van der Waals surface area (Å²) in [6.45, 7) is 6.11. The number of hydrogen-bond donors (Lipinski definition) is 0. The van der Waals surface area contributed by atoms with Crippen LogP contribution in [0.1, 0.15) is 25.3 Å². The number of carbonyl (C=O) groups is 1. The summed E-state index contributed by atoms with van der Waals surface area (Å²) in [4.78, 5) is 14.2.